The largest absolute Gasteiger partial charge is 0.497 e. The van der Waals surface area contributed by atoms with E-state index in [2.05, 4.69) is 10.3 Å². The van der Waals surface area contributed by atoms with Crippen LogP contribution >= 0.6 is 0 Å². The lowest BCUT2D eigenvalue weighted by Crippen LogP contribution is -2.57. The molecule has 1 fully saturated rings. The smallest absolute Gasteiger partial charge is 0.407 e. The number of likely N-dealkylation sites (tertiary alicyclic amines) is 1. The maximum absolute atomic E-state index is 13.9. The molecule has 3 amide bonds. The molecule has 0 bridgehead atoms. The highest BCUT2D eigenvalue weighted by molar-refractivity contribution is 6.06. The summed E-state index contributed by atoms with van der Waals surface area (Å²) in [6, 6.07) is 16.2. The minimum Gasteiger partial charge on any atom is -0.497 e. The second-order valence-electron chi connectivity index (χ2n) is 8.49. The number of urea groups is 1. The molecule has 5 rings (SSSR count). The molecular formula is C25H26N6O4. The van der Waals surface area contributed by atoms with Gasteiger partial charge >= 0.3 is 12.1 Å². The minimum absolute atomic E-state index is 0.225. The van der Waals surface area contributed by atoms with Crippen LogP contribution in [-0.2, 0) is 6.54 Å². The normalized spacial score (nSPS) is 17.7. The van der Waals surface area contributed by atoms with Crippen molar-refractivity contribution >= 4 is 35.3 Å². The Morgan fingerprint density at radius 3 is 2.63 bits per heavy atom. The molecule has 1 aromatic heterocycles. The van der Waals surface area contributed by atoms with E-state index in [0.29, 0.717) is 49.1 Å². The lowest BCUT2D eigenvalue weighted by molar-refractivity contribution is 0.130. The van der Waals surface area contributed by atoms with Gasteiger partial charge in [0.2, 0.25) is 5.95 Å². The molecule has 2 aromatic carbocycles. The quantitative estimate of drug-likeness (QED) is 0.567. The van der Waals surface area contributed by atoms with Crippen molar-refractivity contribution in [3.05, 3.63) is 66.4 Å². The van der Waals surface area contributed by atoms with Crippen molar-refractivity contribution in [2.45, 2.75) is 25.4 Å². The van der Waals surface area contributed by atoms with Crippen molar-refractivity contribution in [2.24, 2.45) is 0 Å². The summed E-state index contributed by atoms with van der Waals surface area (Å²) in [4.78, 5) is 39.4. The van der Waals surface area contributed by atoms with Crippen molar-refractivity contribution in [1.82, 2.24) is 14.9 Å². The second-order valence-corrected chi connectivity index (χ2v) is 8.49. The van der Waals surface area contributed by atoms with Crippen LogP contribution in [0.2, 0.25) is 0 Å². The first-order valence-electron chi connectivity index (χ1n) is 11.4. The molecule has 10 nitrogen and oxygen atoms in total. The Balaban J connectivity index is 1.52. The van der Waals surface area contributed by atoms with Gasteiger partial charge in [0, 0.05) is 36.2 Å². The molecule has 35 heavy (non-hydrogen) atoms. The van der Waals surface area contributed by atoms with Gasteiger partial charge in [-0.3, -0.25) is 9.80 Å². The number of para-hydroxylation sites is 1. The van der Waals surface area contributed by atoms with E-state index >= 15 is 0 Å². The number of nitrogens with zero attached hydrogens (tertiary/aromatic N) is 5. The number of methoxy groups -OCH3 is 1. The number of piperidine rings is 1. The lowest BCUT2D eigenvalue weighted by Gasteiger charge is -2.43. The van der Waals surface area contributed by atoms with Gasteiger partial charge in [-0.05, 0) is 49.2 Å². The van der Waals surface area contributed by atoms with Crippen molar-refractivity contribution in [3.8, 4) is 5.75 Å². The number of carboxylic acid groups (broad SMARTS) is 1. The molecule has 1 atom stereocenters. The molecule has 0 spiro atoms. The first kappa shape index (κ1) is 22.5. The van der Waals surface area contributed by atoms with Gasteiger partial charge in [0.1, 0.15) is 11.6 Å². The number of ether oxygens (including phenoxy) is 1. The number of aromatic nitrogens is 2. The number of carbonyl (C=O) groups is 2. The van der Waals surface area contributed by atoms with Crippen LogP contribution in [0.25, 0.3) is 0 Å². The van der Waals surface area contributed by atoms with Crippen molar-refractivity contribution in [1.29, 1.82) is 0 Å². The van der Waals surface area contributed by atoms with Crippen LogP contribution < -0.4 is 19.9 Å². The summed E-state index contributed by atoms with van der Waals surface area (Å²) in [7, 11) is 1.59. The van der Waals surface area contributed by atoms with Gasteiger partial charge in [-0.1, -0.05) is 18.2 Å². The van der Waals surface area contributed by atoms with Gasteiger partial charge in [-0.2, -0.15) is 4.98 Å². The molecule has 0 saturated carbocycles. The zero-order valence-electron chi connectivity index (χ0n) is 19.3. The average Bonchev–Trinajstić information content (AvgIpc) is 2.89. The molecule has 3 heterocycles. The standard InChI is InChI=1S/C25H26N6O4/c1-35-21-11-9-19(10-12-21)30-15-17-14-26-23(27-18-6-3-2-4-7-18)28-22(17)31(24(30)32)20-8-5-13-29(16-20)25(33)34/h2-4,6-7,9-12,14,20H,5,8,13,15-16H2,1H3,(H,33,34)(H,26,27,28). The fraction of sp³-hybridized carbons (Fsp3) is 0.280. The lowest BCUT2D eigenvalue weighted by atomic mass is 10.0. The summed E-state index contributed by atoms with van der Waals surface area (Å²) in [6.45, 7) is 0.980. The molecule has 3 aromatic rings. The highest BCUT2D eigenvalue weighted by Gasteiger charge is 2.39. The van der Waals surface area contributed by atoms with E-state index in [1.807, 2.05) is 42.5 Å². The fourth-order valence-corrected chi connectivity index (χ4v) is 4.52. The van der Waals surface area contributed by atoms with Crippen LogP contribution in [0.15, 0.2) is 60.8 Å². The Labute approximate surface area is 202 Å². The first-order valence-corrected chi connectivity index (χ1v) is 11.4. The van der Waals surface area contributed by atoms with Crippen LogP contribution in [0.5, 0.6) is 5.75 Å². The van der Waals surface area contributed by atoms with Gasteiger partial charge in [-0.25, -0.2) is 14.6 Å². The average molecular weight is 475 g/mol. The van der Waals surface area contributed by atoms with Crippen LogP contribution in [0.1, 0.15) is 18.4 Å². The Morgan fingerprint density at radius 2 is 1.91 bits per heavy atom. The molecule has 0 radical (unpaired) electrons. The van der Waals surface area contributed by atoms with Crippen LogP contribution in [0.3, 0.4) is 0 Å². The van der Waals surface area contributed by atoms with Crippen LogP contribution in [0, 0.1) is 0 Å². The van der Waals surface area contributed by atoms with E-state index < -0.39 is 6.09 Å². The number of hydrogen-bond acceptors (Lipinski definition) is 6. The maximum Gasteiger partial charge on any atom is 0.407 e. The van der Waals surface area contributed by atoms with Crippen molar-refractivity contribution in [2.75, 3.05) is 35.3 Å². The second kappa shape index (κ2) is 9.49. The van der Waals surface area contributed by atoms with Gasteiger partial charge < -0.3 is 20.1 Å². The molecule has 10 heteroatoms. The van der Waals surface area contributed by atoms with Crippen LogP contribution in [-0.4, -0.2) is 58.3 Å². The van der Waals surface area contributed by atoms with E-state index in [4.69, 9.17) is 9.72 Å². The highest BCUT2D eigenvalue weighted by Crippen LogP contribution is 2.35. The predicted octanol–water partition coefficient (Wildman–Crippen LogP) is 4.32. The SMILES string of the molecule is COc1ccc(N2Cc3cnc(Nc4ccccc4)nc3N(C3CCCN(C(=O)O)C3)C2=O)cc1. The summed E-state index contributed by atoms with van der Waals surface area (Å²) >= 11 is 0. The Kier molecular flexibility index (Phi) is 6.09. The Morgan fingerprint density at radius 1 is 1.14 bits per heavy atom. The van der Waals surface area contributed by atoms with Gasteiger partial charge in [0.25, 0.3) is 0 Å². The maximum atomic E-state index is 13.9. The number of benzene rings is 2. The zero-order valence-corrected chi connectivity index (χ0v) is 19.3. The number of carbonyl (C=O) groups excluding carboxylic acids is 1. The van der Waals surface area contributed by atoms with E-state index in [9.17, 15) is 14.7 Å². The minimum atomic E-state index is -0.986. The molecule has 2 N–H and O–H groups in total. The van der Waals surface area contributed by atoms with Gasteiger partial charge in [0.05, 0.1) is 19.7 Å². The number of fused-ring (bicyclic) bond motifs is 1. The van der Waals surface area contributed by atoms with Gasteiger partial charge in [-0.15, -0.1) is 0 Å². The first-order chi connectivity index (χ1) is 17.0. The number of anilines is 4. The third-order valence-corrected chi connectivity index (χ3v) is 6.28. The highest BCUT2D eigenvalue weighted by atomic mass is 16.5. The number of hydrogen-bond donors (Lipinski definition) is 2. The molecule has 1 unspecified atom stereocenters. The zero-order chi connectivity index (χ0) is 24.4. The summed E-state index contributed by atoms with van der Waals surface area (Å²) in [5.41, 5.74) is 2.33. The Bertz CT molecular complexity index is 1220. The number of rotatable bonds is 5. The van der Waals surface area contributed by atoms with Crippen LogP contribution in [0.4, 0.5) is 32.7 Å². The van der Waals surface area contributed by atoms with E-state index in [-0.39, 0.29) is 18.6 Å². The van der Waals surface area contributed by atoms with Gasteiger partial charge in [0.15, 0.2) is 0 Å². The fourth-order valence-electron chi connectivity index (χ4n) is 4.52. The molecule has 1 saturated heterocycles. The van der Waals surface area contributed by atoms with E-state index in [1.165, 1.54) is 4.90 Å². The predicted molar refractivity (Wildman–Crippen MR) is 131 cm³/mol. The monoisotopic (exact) mass is 474 g/mol. The molecular weight excluding hydrogens is 448 g/mol. The molecule has 0 aliphatic carbocycles. The summed E-state index contributed by atoms with van der Waals surface area (Å²) in [5, 5.41) is 12.8. The van der Waals surface area contributed by atoms with E-state index in [1.54, 1.807) is 35.2 Å². The Hall–Kier alpha value is -4.34. The molecule has 2 aliphatic rings. The summed E-state index contributed by atoms with van der Waals surface area (Å²) in [6.07, 6.45) is 2.08. The summed E-state index contributed by atoms with van der Waals surface area (Å²) in [5.74, 6) is 1.57. The summed E-state index contributed by atoms with van der Waals surface area (Å²) < 4.78 is 5.25. The third kappa shape index (κ3) is 4.54. The topological polar surface area (TPSA) is 111 Å². The molecule has 180 valence electrons. The van der Waals surface area contributed by atoms with E-state index in [0.717, 1.165) is 11.3 Å². The van der Waals surface area contributed by atoms with Crippen molar-refractivity contribution in [3.63, 3.8) is 0 Å². The third-order valence-electron chi connectivity index (χ3n) is 6.28. The number of nitrogens with one attached hydrogen (secondary N) is 1. The number of amides is 3. The van der Waals surface area contributed by atoms with Crippen molar-refractivity contribution < 1.29 is 19.4 Å². The molecule has 2 aliphatic heterocycles.